The van der Waals surface area contributed by atoms with E-state index in [0.717, 1.165) is 25.8 Å². The fourth-order valence-corrected chi connectivity index (χ4v) is 3.42. The third-order valence-electron chi connectivity index (χ3n) is 4.64. The first kappa shape index (κ1) is 17.5. The number of nitrogens with zero attached hydrogens (tertiary/aromatic N) is 1. The van der Waals surface area contributed by atoms with Crippen LogP contribution < -0.4 is 0 Å². The van der Waals surface area contributed by atoms with Crippen molar-refractivity contribution in [1.29, 1.82) is 0 Å². The first-order chi connectivity index (χ1) is 10.9. The van der Waals surface area contributed by atoms with E-state index in [9.17, 15) is 9.59 Å². The molecule has 1 amide bonds. The molecular formula is C19H27NO3. The van der Waals surface area contributed by atoms with Crippen molar-refractivity contribution in [3.8, 4) is 0 Å². The van der Waals surface area contributed by atoms with Crippen molar-refractivity contribution in [3.63, 3.8) is 0 Å². The summed E-state index contributed by atoms with van der Waals surface area (Å²) in [5.41, 5.74) is 0.737. The number of hydrogen-bond acceptors (Lipinski definition) is 2. The number of rotatable bonds is 6. The van der Waals surface area contributed by atoms with Crippen molar-refractivity contribution in [1.82, 2.24) is 4.90 Å². The zero-order chi connectivity index (χ0) is 16.9. The normalized spacial score (nSPS) is 18.7. The van der Waals surface area contributed by atoms with Gasteiger partial charge in [-0.2, -0.15) is 0 Å². The molecule has 0 aliphatic carbocycles. The van der Waals surface area contributed by atoms with Crippen LogP contribution in [0, 0.1) is 11.3 Å². The fraction of sp³-hybridized carbons (Fsp3) is 0.579. The number of amides is 1. The maximum absolute atomic E-state index is 12.9. The first-order valence-corrected chi connectivity index (χ1v) is 8.43. The van der Waals surface area contributed by atoms with Gasteiger partial charge in [0.2, 0.25) is 5.91 Å². The quantitative estimate of drug-likeness (QED) is 0.875. The van der Waals surface area contributed by atoms with Gasteiger partial charge >= 0.3 is 5.97 Å². The lowest BCUT2D eigenvalue weighted by Gasteiger charge is -2.37. The molecule has 1 unspecified atom stereocenters. The highest BCUT2D eigenvalue weighted by molar-refractivity contribution is 5.82. The molecule has 1 N–H and O–H groups in total. The zero-order valence-electron chi connectivity index (χ0n) is 14.1. The Kier molecular flexibility index (Phi) is 5.80. The average molecular weight is 317 g/mol. The predicted molar refractivity (Wildman–Crippen MR) is 90.1 cm³/mol. The van der Waals surface area contributed by atoms with Crippen LogP contribution in [0.4, 0.5) is 0 Å². The molecule has 4 nitrogen and oxygen atoms in total. The number of carboxylic acids is 1. The van der Waals surface area contributed by atoms with Gasteiger partial charge in [-0.3, -0.25) is 9.59 Å². The number of piperidine rings is 1. The van der Waals surface area contributed by atoms with Gasteiger partial charge < -0.3 is 10.0 Å². The lowest BCUT2D eigenvalue weighted by atomic mass is 9.83. The van der Waals surface area contributed by atoms with Crippen molar-refractivity contribution in [2.24, 2.45) is 11.3 Å². The zero-order valence-corrected chi connectivity index (χ0v) is 14.1. The third-order valence-corrected chi connectivity index (χ3v) is 4.64. The van der Waals surface area contributed by atoms with Gasteiger partial charge in [0.15, 0.2) is 0 Å². The molecule has 0 saturated carbocycles. The van der Waals surface area contributed by atoms with Crippen LogP contribution >= 0.6 is 0 Å². The smallest absolute Gasteiger partial charge is 0.303 e. The molecule has 0 spiro atoms. The second-order valence-electron chi connectivity index (χ2n) is 7.24. The van der Waals surface area contributed by atoms with Crippen molar-refractivity contribution in [3.05, 3.63) is 35.9 Å². The number of carbonyl (C=O) groups is 2. The molecule has 1 aromatic carbocycles. The highest BCUT2D eigenvalue weighted by atomic mass is 16.4. The largest absolute Gasteiger partial charge is 0.481 e. The van der Waals surface area contributed by atoms with Gasteiger partial charge in [-0.15, -0.1) is 0 Å². The van der Waals surface area contributed by atoms with Gasteiger partial charge in [-0.1, -0.05) is 44.2 Å². The lowest BCUT2D eigenvalue weighted by Crippen LogP contribution is -2.47. The molecular weight excluding hydrogens is 290 g/mol. The number of hydrogen-bond donors (Lipinski definition) is 1. The molecule has 0 aromatic heterocycles. The summed E-state index contributed by atoms with van der Waals surface area (Å²) in [6, 6.07) is 10.1. The summed E-state index contributed by atoms with van der Waals surface area (Å²) in [7, 11) is 0. The Bertz CT molecular complexity index is 539. The third kappa shape index (κ3) is 5.08. The van der Waals surface area contributed by atoms with E-state index in [0.29, 0.717) is 18.9 Å². The highest BCUT2D eigenvalue weighted by Gasteiger charge is 2.34. The van der Waals surface area contributed by atoms with Crippen LogP contribution in [-0.4, -0.2) is 35.0 Å². The van der Waals surface area contributed by atoms with E-state index in [2.05, 4.69) is 12.1 Å². The van der Waals surface area contributed by atoms with E-state index >= 15 is 0 Å². The maximum atomic E-state index is 12.9. The highest BCUT2D eigenvalue weighted by Crippen LogP contribution is 2.29. The van der Waals surface area contributed by atoms with Crippen molar-refractivity contribution in [2.45, 2.75) is 46.0 Å². The molecule has 1 aliphatic heterocycles. The molecule has 23 heavy (non-hydrogen) atoms. The van der Waals surface area contributed by atoms with E-state index in [1.54, 1.807) is 0 Å². The summed E-state index contributed by atoms with van der Waals surface area (Å²) in [4.78, 5) is 25.6. The van der Waals surface area contributed by atoms with Gasteiger partial charge in [0.05, 0.1) is 0 Å². The molecule has 1 saturated heterocycles. The van der Waals surface area contributed by atoms with Crippen LogP contribution in [0.2, 0.25) is 0 Å². The molecule has 1 heterocycles. The Morgan fingerprint density at radius 2 is 1.96 bits per heavy atom. The second kappa shape index (κ2) is 7.62. The van der Waals surface area contributed by atoms with Crippen LogP contribution in [0.5, 0.6) is 0 Å². The van der Waals surface area contributed by atoms with E-state index < -0.39 is 11.4 Å². The molecule has 0 bridgehead atoms. The summed E-state index contributed by atoms with van der Waals surface area (Å²) in [6.45, 7) is 5.50. The summed E-state index contributed by atoms with van der Waals surface area (Å²) in [5, 5.41) is 8.83. The average Bonchev–Trinajstić information content (AvgIpc) is 2.53. The molecule has 2 rings (SSSR count). The van der Waals surface area contributed by atoms with Gasteiger partial charge in [-0.25, -0.2) is 0 Å². The molecule has 1 aliphatic rings. The molecule has 126 valence electrons. The van der Waals surface area contributed by atoms with E-state index in [1.807, 2.05) is 36.9 Å². The minimum Gasteiger partial charge on any atom is -0.481 e. The Morgan fingerprint density at radius 3 is 2.61 bits per heavy atom. The lowest BCUT2D eigenvalue weighted by molar-refractivity contribution is -0.142. The van der Waals surface area contributed by atoms with Crippen LogP contribution in [0.15, 0.2) is 30.3 Å². The topological polar surface area (TPSA) is 57.6 Å². The molecule has 0 radical (unpaired) electrons. The summed E-state index contributed by atoms with van der Waals surface area (Å²) < 4.78 is 0. The van der Waals surface area contributed by atoms with Crippen molar-refractivity contribution in [2.75, 3.05) is 13.1 Å². The van der Waals surface area contributed by atoms with Gasteiger partial charge in [0.25, 0.3) is 0 Å². The predicted octanol–water partition coefficient (Wildman–Crippen LogP) is 3.36. The molecule has 1 fully saturated rings. The van der Waals surface area contributed by atoms with Crippen LogP contribution in [0.25, 0.3) is 0 Å². The van der Waals surface area contributed by atoms with Crippen LogP contribution in [-0.2, 0) is 16.0 Å². The van der Waals surface area contributed by atoms with Crippen LogP contribution in [0.1, 0.15) is 45.1 Å². The Labute approximate surface area is 138 Å². The summed E-state index contributed by atoms with van der Waals surface area (Å²) in [5.74, 6) is -0.254. The molecule has 4 heteroatoms. The fourth-order valence-electron chi connectivity index (χ4n) is 3.42. The van der Waals surface area contributed by atoms with Gasteiger partial charge in [0.1, 0.15) is 0 Å². The van der Waals surface area contributed by atoms with Gasteiger partial charge in [-0.05, 0) is 37.2 Å². The number of aliphatic carboxylic acids is 1. The SMILES string of the molecule is CC(C)(Cc1ccccc1)C(=O)N1CCCC(CCC(=O)O)C1. The first-order valence-electron chi connectivity index (χ1n) is 8.43. The monoisotopic (exact) mass is 317 g/mol. The maximum Gasteiger partial charge on any atom is 0.303 e. The van der Waals surface area contributed by atoms with Crippen LogP contribution in [0.3, 0.4) is 0 Å². The Balaban J connectivity index is 1.96. The molecule has 1 aromatic rings. The minimum absolute atomic E-state index is 0.182. The minimum atomic E-state index is -0.752. The summed E-state index contributed by atoms with van der Waals surface area (Å²) >= 11 is 0. The van der Waals surface area contributed by atoms with Gasteiger partial charge in [0, 0.05) is 24.9 Å². The van der Waals surface area contributed by atoms with E-state index in [4.69, 9.17) is 5.11 Å². The standard InChI is InChI=1S/C19H27NO3/c1-19(2,13-15-7-4-3-5-8-15)18(23)20-12-6-9-16(14-20)10-11-17(21)22/h3-5,7-8,16H,6,9-14H2,1-2H3,(H,21,22). The molecule has 1 atom stereocenters. The van der Waals surface area contributed by atoms with Crippen molar-refractivity contribution < 1.29 is 14.7 Å². The van der Waals surface area contributed by atoms with E-state index in [-0.39, 0.29) is 12.3 Å². The number of likely N-dealkylation sites (tertiary alicyclic amines) is 1. The Hall–Kier alpha value is -1.84. The van der Waals surface area contributed by atoms with E-state index in [1.165, 1.54) is 5.56 Å². The number of benzene rings is 1. The number of carboxylic acid groups (broad SMARTS) is 1. The Morgan fingerprint density at radius 1 is 1.26 bits per heavy atom. The van der Waals surface area contributed by atoms with Crippen molar-refractivity contribution >= 4 is 11.9 Å². The second-order valence-corrected chi connectivity index (χ2v) is 7.24. The number of carbonyl (C=O) groups excluding carboxylic acids is 1. The summed E-state index contributed by atoms with van der Waals surface area (Å²) in [6.07, 6.45) is 3.58.